The van der Waals surface area contributed by atoms with Crippen molar-refractivity contribution in [1.82, 2.24) is 4.90 Å². The number of nitrogens with zero attached hydrogens (tertiary/aromatic N) is 2. The fourth-order valence-corrected chi connectivity index (χ4v) is 6.15. The van der Waals surface area contributed by atoms with E-state index in [4.69, 9.17) is 4.74 Å². The quantitative estimate of drug-likeness (QED) is 0.191. The van der Waals surface area contributed by atoms with Gasteiger partial charge in [0.15, 0.2) is 5.75 Å². The number of carbonyl (C=O) groups is 1. The van der Waals surface area contributed by atoms with Gasteiger partial charge in [-0.2, -0.15) is 0 Å². The first-order valence-electron chi connectivity index (χ1n) is 13.2. The maximum Gasteiger partial charge on any atom is 0.347 e. The molecular weight excluding hydrogens is 506 g/mol. The molecule has 2 aliphatic rings. The van der Waals surface area contributed by atoms with E-state index >= 15 is 0 Å². The highest BCUT2D eigenvalue weighted by Crippen LogP contribution is 2.51. The van der Waals surface area contributed by atoms with Crippen LogP contribution in [0.4, 0.5) is 17.1 Å². The summed E-state index contributed by atoms with van der Waals surface area (Å²) in [6.07, 6.45) is 0. The molecule has 4 aromatic carbocycles. The molecule has 6 rings (SSSR count). The average molecular weight is 538 g/mol. The summed E-state index contributed by atoms with van der Waals surface area (Å²) < 4.78 is 6.11. The van der Waals surface area contributed by atoms with Crippen molar-refractivity contribution in [3.8, 4) is 11.5 Å². The monoisotopic (exact) mass is 537 g/mol. The smallest absolute Gasteiger partial charge is 0.347 e. The second-order valence-electron chi connectivity index (χ2n) is 10.1. The molecule has 0 radical (unpaired) electrons. The number of phenols is 1. The Labute approximate surface area is 233 Å². The number of aromatic hydroxyl groups is 1. The lowest BCUT2D eigenvalue weighted by Crippen LogP contribution is -2.44. The van der Waals surface area contributed by atoms with Crippen LogP contribution in [-0.2, 0) is 0 Å². The molecule has 2 aliphatic heterocycles. The van der Waals surface area contributed by atoms with E-state index in [-0.39, 0.29) is 17.2 Å². The molecule has 198 valence electrons. The Balaban J connectivity index is 1.35. The van der Waals surface area contributed by atoms with Gasteiger partial charge in [0, 0.05) is 53.1 Å². The Morgan fingerprint density at radius 1 is 0.897 bits per heavy atom. The average Bonchev–Trinajstić information content (AvgIpc) is 2.97. The Morgan fingerprint density at radius 3 is 2.38 bits per heavy atom. The summed E-state index contributed by atoms with van der Waals surface area (Å²) >= 11 is 1.64. The first kappa shape index (κ1) is 25.3. The van der Waals surface area contributed by atoms with Crippen molar-refractivity contribution in [3.05, 3.63) is 102 Å². The number of hydrogen-bond acceptors (Lipinski definition) is 7. The molecule has 6 nitrogen and oxygen atoms in total. The third-order valence-corrected chi connectivity index (χ3v) is 8.70. The van der Waals surface area contributed by atoms with E-state index in [1.807, 2.05) is 24.3 Å². The van der Waals surface area contributed by atoms with E-state index in [2.05, 4.69) is 65.5 Å². The summed E-state index contributed by atoms with van der Waals surface area (Å²) in [4.78, 5) is 20.2. The van der Waals surface area contributed by atoms with Gasteiger partial charge in [-0.15, -0.1) is 0 Å². The molecular formula is C32H31N3O3S. The van der Waals surface area contributed by atoms with Gasteiger partial charge in [0.1, 0.15) is 11.3 Å². The number of nitrogens with one attached hydrogen (secondary N) is 1. The van der Waals surface area contributed by atoms with Crippen molar-refractivity contribution in [2.75, 3.05) is 43.4 Å². The van der Waals surface area contributed by atoms with E-state index in [9.17, 15) is 9.90 Å². The Hall–Kier alpha value is -3.94. The number of phenolic OH excluding ortho intramolecular Hbond substituents is 1. The van der Waals surface area contributed by atoms with Gasteiger partial charge in [0.2, 0.25) is 0 Å². The van der Waals surface area contributed by atoms with Crippen LogP contribution >= 0.6 is 11.8 Å². The number of fused-ring (bicyclic) bond motifs is 2. The standard InChI is InChI=1S/C32H31N3O3S/c1-21(22-11-13-23(14-12-22)35-19-17-34(2)18-20-35)24-15-16-29-30(33-26-8-4-6-10-28(26)39-29)31(24)38-32(37)25-7-3-5-9-27(25)36/h3-16,21,33,36H,17-20H2,1-2H3. The minimum absolute atomic E-state index is 0.0343. The van der Waals surface area contributed by atoms with Crippen LogP contribution < -0.4 is 15.0 Å². The summed E-state index contributed by atoms with van der Waals surface area (Å²) in [6, 6.07) is 27.4. The van der Waals surface area contributed by atoms with Gasteiger partial charge in [-0.1, -0.05) is 61.2 Å². The molecule has 1 saturated heterocycles. The molecule has 39 heavy (non-hydrogen) atoms. The van der Waals surface area contributed by atoms with E-state index < -0.39 is 5.97 Å². The number of para-hydroxylation sites is 2. The van der Waals surface area contributed by atoms with Gasteiger partial charge in [0.05, 0.1) is 11.4 Å². The van der Waals surface area contributed by atoms with Gasteiger partial charge >= 0.3 is 5.97 Å². The molecule has 1 fully saturated rings. The van der Waals surface area contributed by atoms with Crippen LogP contribution in [0.1, 0.15) is 34.3 Å². The van der Waals surface area contributed by atoms with Crippen molar-refractivity contribution < 1.29 is 14.6 Å². The lowest BCUT2D eigenvalue weighted by atomic mass is 9.91. The van der Waals surface area contributed by atoms with Crippen LogP contribution in [0, 0.1) is 0 Å². The number of esters is 1. The maximum atomic E-state index is 13.3. The second-order valence-corrected chi connectivity index (χ2v) is 11.2. The van der Waals surface area contributed by atoms with Gasteiger partial charge < -0.3 is 25.0 Å². The maximum absolute atomic E-state index is 13.3. The van der Waals surface area contributed by atoms with Crippen LogP contribution in [0.25, 0.3) is 0 Å². The van der Waals surface area contributed by atoms with Crippen molar-refractivity contribution >= 4 is 34.8 Å². The molecule has 0 amide bonds. The third-order valence-electron chi connectivity index (χ3n) is 7.56. The van der Waals surface area contributed by atoms with Crippen molar-refractivity contribution in [2.45, 2.75) is 22.6 Å². The van der Waals surface area contributed by atoms with Gasteiger partial charge in [0.25, 0.3) is 0 Å². The summed E-state index contributed by atoms with van der Waals surface area (Å²) in [5.74, 6) is -0.244. The topological polar surface area (TPSA) is 65.0 Å². The van der Waals surface area contributed by atoms with Gasteiger partial charge in [-0.25, -0.2) is 4.79 Å². The minimum atomic E-state index is -0.592. The van der Waals surface area contributed by atoms with Crippen molar-refractivity contribution in [2.24, 2.45) is 0 Å². The number of hydrogen-bond donors (Lipinski definition) is 2. The fraction of sp³-hybridized carbons (Fsp3) is 0.219. The number of anilines is 3. The van der Waals surface area contributed by atoms with Crippen LogP contribution in [-0.4, -0.2) is 49.2 Å². The fourth-order valence-electron chi connectivity index (χ4n) is 5.16. The number of rotatable bonds is 5. The Bertz CT molecular complexity index is 1510. The van der Waals surface area contributed by atoms with Crippen LogP contribution in [0.5, 0.6) is 11.5 Å². The second kappa shape index (κ2) is 10.7. The molecule has 1 unspecified atom stereocenters. The third kappa shape index (κ3) is 5.07. The number of carbonyl (C=O) groups excluding carboxylic acids is 1. The Morgan fingerprint density at radius 2 is 1.62 bits per heavy atom. The zero-order valence-corrected chi connectivity index (χ0v) is 22.9. The minimum Gasteiger partial charge on any atom is -0.507 e. The zero-order chi connectivity index (χ0) is 26.9. The van der Waals surface area contributed by atoms with Gasteiger partial charge in [-0.3, -0.25) is 0 Å². The molecule has 0 aromatic heterocycles. The van der Waals surface area contributed by atoms with Crippen LogP contribution in [0.2, 0.25) is 0 Å². The highest BCUT2D eigenvalue weighted by Gasteiger charge is 2.27. The molecule has 2 heterocycles. The van der Waals surface area contributed by atoms with E-state index in [1.54, 1.807) is 30.0 Å². The number of likely N-dealkylation sites (N-methyl/N-ethyl adjacent to an activating group) is 1. The summed E-state index contributed by atoms with van der Waals surface area (Å²) in [6.45, 7) is 6.30. The summed E-state index contributed by atoms with van der Waals surface area (Å²) in [5.41, 5.74) is 5.13. The number of ether oxygens (including phenoxy) is 1. The number of piperazine rings is 1. The van der Waals surface area contributed by atoms with E-state index in [0.29, 0.717) is 5.75 Å². The molecule has 0 spiro atoms. The van der Waals surface area contributed by atoms with Gasteiger partial charge in [-0.05, 0) is 55.1 Å². The van der Waals surface area contributed by atoms with E-state index in [1.165, 1.54) is 11.8 Å². The molecule has 2 N–H and O–H groups in total. The van der Waals surface area contributed by atoms with Crippen molar-refractivity contribution in [1.29, 1.82) is 0 Å². The van der Waals surface area contributed by atoms with Crippen LogP contribution in [0.3, 0.4) is 0 Å². The van der Waals surface area contributed by atoms with Crippen LogP contribution in [0.15, 0.2) is 94.7 Å². The first-order chi connectivity index (χ1) is 19.0. The zero-order valence-electron chi connectivity index (χ0n) is 22.1. The van der Waals surface area contributed by atoms with E-state index in [0.717, 1.165) is 58.5 Å². The molecule has 0 aliphatic carbocycles. The first-order valence-corrected chi connectivity index (χ1v) is 14.0. The number of benzene rings is 4. The normalized spacial score (nSPS) is 15.6. The highest BCUT2D eigenvalue weighted by molar-refractivity contribution is 7.99. The lowest BCUT2D eigenvalue weighted by molar-refractivity contribution is 0.0730. The molecule has 0 saturated carbocycles. The predicted octanol–water partition coefficient (Wildman–Crippen LogP) is 6.72. The highest BCUT2D eigenvalue weighted by atomic mass is 32.2. The Kier molecular flexibility index (Phi) is 6.94. The largest absolute Gasteiger partial charge is 0.507 e. The molecule has 4 aromatic rings. The summed E-state index contributed by atoms with van der Waals surface area (Å²) in [7, 11) is 2.16. The predicted molar refractivity (Wildman–Crippen MR) is 157 cm³/mol. The molecule has 0 bridgehead atoms. The summed E-state index contributed by atoms with van der Waals surface area (Å²) in [5, 5.41) is 13.8. The molecule has 1 atom stereocenters. The van der Waals surface area contributed by atoms with Crippen molar-refractivity contribution in [3.63, 3.8) is 0 Å². The molecule has 7 heteroatoms. The lowest BCUT2D eigenvalue weighted by Gasteiger charge is -2.34. The SMILES string of the molecule is CC(c1ccc(N2CCN(C)CC2)cc1)c1ccc2c(c1OC(=O)c1ccccc1O)Nc1ccccc1S2.